The highest BCUT2D eigenvalue weighted by Crippen LogP contribution is 2.13. The van der Waals surface area contributed by atoms with E-state index in [-0.39, 0.29) is 18.2 Å². The second-order valence-corrected chi connectivity index (χ2v) is 7.02. The third kappa shape index (κ3) is 6.99. The number of hydrogen-bond donors (Lipinski definition) is 2. The van der Waals surface area contributed by atoms with E-state index in [4.69, 9.17) is 0 Å². The number of benzene rings is 1. The summed E-state index contributed by atoms with van der Waals surface area (Å²) in [5, 5.41) is 12.2. The molecule has 0 aromatic heterocycles. The molecule has 2 amide bonds. The molecule has 27 heavy (non-hydrogen) atoms. The number of piperazine rings is 1. The van der Waals surface area contributed by atoms with Crippen molar-refractivity contribution in [1.82, 2.24) is 14.7 Å². The van der Waals surface area contributed by atoms with Crippen LogP contribution in [0.15, 0.2) is 30.3 Å². The summed E-state index contributed by atoms with van der Waals surface area (Å²) < 4.78 is 0. The van der Waals surface area contributed by atoms with Crippen molar-refractivity contribution < 1.29 is 19.5 Å². The zero-order valence-corrected chi connectivity index (χ0v) is 15.9. The van der Waals surface area contributed by atoms with Gasteiger partial charge in [-0.2, -0.15) is 0 Å². The number of carbonyl (C=O) groups is 3. The summed E-state index contributed by atoms with van der Waals surface area (Å²) in [6.45, 7) is 3.50. The van der Waals surface area contributed by atoms with Crippen molar-refractivity contribution in [2.24, 2.45) is 5.92 Å². The fraction of sp³-hybridized carbons (Fsp3) is 0.526. The molecule has 148 valence electrons. The van der Waals surface area contributed by atoms with Gasteiger partial charge in [0.2, 0.25) is 11.8 Å². The summed E-state index contributed by atoms with van der Waals surface area (Å²) in [4.78, 5) is 41.2. The van der Waals surface area contributed by atoms with Crippen LogP contribution in [-0.4, -0.2) is 91.0 Å². The zero-order chi connectivity index (χ0) is 19.8. The van der Waals surface area contributed by atoms with Gasteiger partial charge in [-0.05, 0) is 12.1 Å². The lowest BCUT2D eigenvalue weighted by atomic mass is 10.0. The van der Waals surface area contributed by atoms with Gasteiger partial charge in [-0.15, -0.1) is 0 Å². The number of nitrogens with zero attached hydrogens (tertiary/aromatic N) is 3. The van der Waals surface area contributed by atoms with Gasteiger partial charge in [0.05, 0.1) is 12.5 Å². The van der Waals surface area contributed by atoms with Crippen molar-refractivity contribution in [3.63, 3.8) is 0 Å². The average molecular weight is 376 g/mol. The van der Waals surface area contributed by atoms with Gasteiger partial charge >= 0.3 is 5.97 Å². The van der Waals surface area contributed by atoms with Crippen LogP contribution in [-0.2, 0) is 14.4 Å². The van der Waals surface area contributed by atoms with Crippen LogP contribution in [0.3, 0.4) is 0 Å². The molecule has 0 aliphatic carbocycles. The Labute approximate surface area is 159 Å². The van der Waals surface area contributed by atoms with E-state index >= 15 is 0 Å². The molecule has 0 saturated carbocycles. The summed E-state index contributed by atoms with van der Waals surface area (Å²) in [5.74, 6) is -1.97. The van der Waals surface area contributed by atoms with Crippen LogP contribution in [0, 0.1) is 5.92 Å². The van der Waals surface area contributed by atoms with Gasteiger partial charge in [0.25, 0.3) is 0 Å². The lowest BCUT2D eigenvalue weighted by Crippen LogP contribution is -2.50. The van der Waals surface area contributed by atoms with Gasteiger partial charge in [0, 0.05) is 58.9 Å². The number of hydrogen-bond acceptors (Lipinski definition) is 5. The fourth-order valence-corrected chi connectivity index (χ4v) is 2.96. The van der Waals surface area contributed by atoms with Gasteiger partial charge in [0.1, 0.15) is 0 Å². The normalized spacial score (nSPS) is 16.5. The molecule has 0 bridgehead atoms. The molecular weight excluding hydrogens is 348 g/mol. The first-order valence-corrected chi connectivity index (χ1v) is 9.07. The van der Waals surface area contributed by atoms with Crippen LogP contribution in [0.1, 0.15) is 6.42 Å². The quantitative estimate of drug-likeness (QED) is 0.683. The van der Waals surface area contributed by atoms with Crippen molar-refractivity contribution in [2.45, 2.75) is 6.42 Å². The molecular formula is C19H28N4O4. The average Bonchev–Trinajstić information content (AvgIpc) is 2.63. The Morgan fingerprint density at radius 2 is 1.67 bits per heavy atom. The number of amides is 2. The first kappa shape index (κ1) is 20.9. The van der Waals surface area contributed by atoms with Crippen LogP contribution >= 0.6 is 0 Å². The largest absolute Gasteiger partial charge is 0.481 e. The van der Waals surface area contributed by atoms with E-state index in [0.717, 1.165) is 0 Å². The van der Waals surface area contributed by atoms with Crippen molar-refractivity contribution in [1.29, 1.82) is 0 Å². The highest BCUT2D eigenvalue weighted by atomic mass is 16.4. The minimum absolute atomic E-state index is 0.0597. The van der Waals surface area contributed by atoms with E-state index in [2.05, 4.69) is 10.2 Å². The highest BCUT2D eigenvalue weighted by molar-refractivity contribution is 5.93. The number of para-hydroxylation sites is 1. The summed E-state index contributed by atoms with van der Waals surface area (Å²) in [5.41, 5.74) is 0.658. The minimum atomic E-state index is -0.969. The van der Waals surface area contributed by atoms with Crippen LogP contribution in [0.25, 0.3) is 0 Å². The molecule has 1 fully saturated rings. The number of anilines is 1. The third-order valence-corrected chi connectivity index (χ3v) is 4.64. The fourth-order valence-electron chi connectivity index (χ4n) is 2.96. The Bertz CT molecular complexity index is 642. The Morgan fingerprint density at radius 3 is 2.22 bits per heavy atom. The van der Waals surface area contributed by atoms with E-state index in [1.165, 1.54) is 0 Å². The van der Waals surface area contributed by atoms with E-state index in [9.17, 15) is 19.5 Å². The maximum atomic E-state index is 12.2. The van der Waals surface area contributed by atoms with Gasteiger partial charge in [-0.3, -0.25) is 24.2 Å². The van der Waals surface area contributed by atoms with E-state index in [1.807, 2.05) is 23.1 Å². The minimum Gasteiger partial charge on any atom is -0.481 e. The lowest BCUT2D eigenvalue weighted by molar-refractivity contribution is -0.144. The van der Waals surface area contributed by atoms with Crippen LogP contribution in [0.2, 0.25) is 0 Å². The maximum Gasteiger partial charge on any atom is 0.308 e. The number of rotatable bonds is 8. The van der Waals surface area contributed by atoms with Crippen molar-refractivity contribution in [2.75, 3.05) is 58.7 Å². The first-order valence-electron chi connectivity index (χ1n) is 9.07. The summed E-state index contributed by atoms with van der Waals surface area (Å²) in [6, 6.07) is 9.00. The molecule has 1 aliphatic heterocycles. The monoisotopic (exact) mass is 376 g/mol. The van der Waals surface area contributed by atoms with Crippen LogP contribution in [0.4, 0.5) is 5.69 Å². The molecule has 1 aromatic rings. The third-order valence-electron chi connectivity index (χ3n) is 4.64. The number of likely N-dealkylation sites (N-methyl/N-ethyl adjacent to an activating group) is 1. The molecule has 1 heterocycles. The number of carboxylic acid groups (broad SMARTS) is 1. The Morgan fingerprint density at radius 1 is 1.07 bits per heavy atom. The summed E-state index contributed by atoms with van der Waals surface area (Å²) in [7, 11) is 3.47. The zero-order valence-electron chi connectivity index (χ0n) is 15.9. The Kier molecular flexibility index (Phi) is 7.75. The molecule has 1 saturated heterocycles. The van der Waals surface area contributed by atoms with Gasteiger partial charge in [0.15, 0.2) is 0 Å². The maximum absolute atomic E-state index is 12.2. The van der Waals surface area contributed by atoms with Gasteiger partial charge in [-0.25, -0.2) is 0 Å². The molecule has 2 rings (SSSR count). The summed E-state index contributed by atoms with van der Waals surface area (Å²) in [6.07, 6.45) is -0.0659. The number of aliphatic carboxylic acids is 1. The van der Waals surface area contributed by atoms with Crippen molar-refractivity contribution >= 4 is 23.5 Å². The summed E-state index contributed by atoms with van der Waals surface area (Å²) >= 11 is 0. The topological polar surface area (TPSA) is 93.2 Å². The SMILES string of the molecule is CN(C)C(=O)CN1CCN(C[C@H](CC(=O)Nc2ccccc2)C(=O)O)CC1. The Hall–Kier alpha value is -2.45. The van der Waals surface area contributed by atoms with E-state index in [1.54, 1.807) is 31.1 Å². The molecule has 1 atom stereocenters. The second-order valence-electron chi connectivity index (χ2n) is 7.02. The second kappa shape index (κ2) is 10.0. The molecule has 2 N–H and O–H groups in total. The highest BCUT2D eigenvalue weighted by Gasteiger charge is 2.27. The lowest BCUT2D eigenvalue weighted by Gasteiger charge is -2.35. The molecule has 8 heteroatoms. The van der Waals surface area contributed by atoms with Gasteiger partial charge in [-0.1, -0.05) is 18.2 Å². The van der Waals surface area contributed by atoms with Gasteiger partial charge < -0.3 is 15.3 Å². The molecule has 1 aromatic carbocycles. The molecule has 0 unspecified atom stereocenters. The predicted molar refractivity (Wildman–Crippen MR) is 102 cm³/mol. The van der Waals surface area contributed by atoms with Crippen LogP contribution < -0.4 is 5.32 Å². The van der Waals surface area contributed by atoms with E-state index < -0.39 is 11.9 Å². The molecule has 1 aliphatic rings. The number of carbonyl (C=O) groups excluding carboxylic acids is 2. The molecule has 0 spiro atoms. The standard InChI is InChI=1S/C19H28N4O4/c1-21(2)18(25)14-23-10-8-22(9-11-23)13-15(19(26)27)12-17(24)20-16-6-4-3-5-7-16/h3-7,15H,8-14H2,1-2H3,(H,20,24)(H,26,27)/t15-/m0/s1. The Balaban J connectivity index is 1.80. The van der Waals surface area contributed by atoms with Crippen LogP contribution in [0.5, 0.6) is 0 Å². The first-order chi connectivity index (χ1) is 12.8. The van der Waals surface area contributed by atoms with E-state index in [0.29, 0.717) is 45.0 Å². The molecule has 8 nitrogen and oxygen atoms in total. The molecule has 0 radical (unpaired) electrons. The number of nitrogens with one attached hydrogen (secondary N) is 1. The van der Waals surface area contributed by atoms with Crippen molar-refractivity contribution in [3.8, 4) is 0 Å². The number of carboxylic acids is 1. The smallest absolute Gasteiger partial charge is 0.308 e. The predicted octanol–water partition coefficient (Wildman–Crippen LogP) is 0.422. The van der Waals surface area contributed by atoms with Crippen molar-refractivity contribution in [3.05, 3.63) is 30.3 Å².